The van der Waals surface area contributed by atoms with Crippen molar-refractivity contribution < 1.29 is 19.7 Å². The lowest BCUT2D eigenvalue weighted by molar-refractivity contribution is -0.00700. The number of phenolic OH excluding ortho intramolecular Hbond substituents is 1. The number of fused-ring (bicyclic) bond motifs is 3. The molecule has 190 valence electrons. The zero-order valence-electron chi connectivity index (χ0n) is 20.5. The molecule has 0 spiro atoms. The first-order valence-electron chi connectivity index (χ1n) is 12.0. The molecule has 1 aromatic carbocycles. The molecule has 1 fully saturated rings. The molecule has 7 heteroatoms. The third-order valence-electron chi connectivity index (χ3n) is 8.09. The Labute approximate surface area is 229 Å². The zero-order valence-corrected chi connectivity index (χ0v) is 25.3. The van der Waals surface area contributed by atoms with E-state index < -0.39 is 17.2 Å². The number of benzene rings is 1. The highest BCUT2D eigenvalue weighted by Gasteiger charge is 2.46. The third kappa shape index (κ3) is 5.95. The van der Waals surface area contributed by atoms with Crippen LogP contribution in [-0.4, -0.2) is 41.9 Å². The molecule has 2 N–H and O–H groups in total. The fourth-order valence-corrected chi connectivity index (χ4v) is 6.90. The molecular weight excluding hydrogens is 628 g/mol. The van der Waals surface area contributed by atoms with E-state index in [1.54, 1.807) is 18.2 Å². The number of rotatable bonds is 0. The lowest BCUT2D eigenvalue weighted by Gasteiger charge is -2.48. The molecule has 1 aliphatic heterocycles. The van der Waals surface area contributed by atoms with E-state index in [9.17, 15) is 15.0 Å². The average molecular weight is 665 g/mol. The number of aliphatic hydroxyl groups is 1. The molecule has 2 bridgehead atoms. The van der Waals surface area contributed by atoms with Crippen LogP contribution in [-0.2, 0) is 11.2 Å². The van der Waals surface area contributed by atoms with Crippen LogP contribution in [0.1, 0.15) is 82.1 Å². The van der Waals surface area contributed by atoms with E-state index in [4.69, 9.17) is 4.74 Å². The van der Waals surface area contributed by atoms with E-state index in [-0.39, 0.29) is 26.7 Å². The standard InChI is InChI=1S/C27H37Br3O4/c1-16-6-9-22(29)26(4)12-10-23(30)27(5,33)13-11-21(28)25(2,3)34-24(32)17-7-8-20(31)18(14-17)15-19(16)26/h7-8,14,19,21-23,31,33H,1,6,9-13,15H2,2-5H3/t19-,21?,22+,23?,26+,27+/m1/s1. The summed E-state index contributed by atoms with van der Waals surface area (Å²) in [6, 6.07) is 4.98. The summed E-state index contributed by atoms with van der Waals surface area (Å²) < 4.78 is 5.90. The number of alkyl halides is 3. The van der Waals surface area contributed by atoms with Crippen LogP contribution < -0.4 is 0 Å². The predicted molar refractivity (Wildman–Crippen MR) is 149 cm³/mol. The van der Waals surface area contributed by atoms with Crippen LogP contribution in [0.5, 0.6) is 5.75 Å². The van der Waals surface area contributed by atoms with E-state index >= 15 is 0 Å². The van der Waals surface area contributed by atoms with Crippen molar-refractivity contribution in [2.75, 3.05) is 0 Å². The molecule has 1 heterocycles. The molecule has 0 amide bonds. The van der Waals surface area contributed by atoms with Crippen molar-refractivity contribution in [1.29, 1.82) is 0 Å². The fourth-order valence-electron chi connectivity index (χ4n) is 5.34. The smallest absolute Gasteiger partial charge is 0.338 e. The van der Waals surface area contributed by atoms with Gasteiger partial charge >= 0.3 is 5.97 Å². The van der Waals surface area contributed by atoms with Gasteiger partial charge < -0.3 is 14.9 Å². The van der Waals surface area contributed by atoms with Crippen molar-refractivity contribution in [3.63, 3.8) is 0 Å². The maximum Gasteiger partial charge on any atom is 0.338 e. The number of aromatic hydroxyl groups is 1. The number of halogens is 3. The molecule has 0 aromatic heterocycles. The van der Waals surface area contributed by atoms with Gasteiger partial charge in [0.2, 0.25) is 0 Å². The van der Waals surface area contributed by atoms with Crippen LogP contribution in [0.2, 0.25) is 0 Å². The topological polar surface area (TPSA) is 66.8 Å². The summed E-state index contributed by atoms with van der Waals surface area (Å²) in [7, 11) is 0. The number of carbonyl (C=O) groups is 1. The van der Waals surface area contributed by atoms with Crippen LogP contribution in [0.25, 0.3) is 0 Å². The number of hydrogen-bond donors (Lipinski definition) is 2. The van der Waals surface area contributed by atoms with Gasteiger partial charge in [0.05, 0.1) is 16.0 Å². The minimum atomic E-state index is -0.912. The Hall–Kier alpha value is -0.370. The van der Waals surface area contributed by atoms with Crippen LogP contribution in [0.15, 0.2) is 30.4 Å². The first-order valence-corrected chi connectivity index (χ1v) is 14.8. The first-order chi connectivity index (χ1) is 15.7. The lowest BCUT2D eigenvalue weighted by Crippen LogP contribution is -2.44. The van der Waals surface area contributed by atoms with Gasteiger partial charge in [-0.1, -0.05) is 66.9 Å². The molecule has 34 heavy (non-hydrogen) atoms. The van der Waals surface area contributed by atoms with Gasteiger partial charge in [-0.05, 0) is 101 Å². The molecule has 3 rings (SSSR count). The largest absolute Gasteiger partial charge is 0.508 e. The van der Waals surface area contributed by atoms with E-state index in [2.05, 4.69) is 61.3 Å². The molecule has 0 saturated heterocycles. The summed E-state index contributed by atoms with van der Waals surface area (Å²) in [5.74, 6) is -0.108. The molecule has 2 aliphatic rings. The molecule has 4 nitrogen and oxygen atoms in total. The first kappa shape index (κ1) is 28.2. The number of esters is 1. The second-order valence-corrected chi connectivity index (χ2v) is 14.4. The number of carbonyl (C=O) groups excluding carboxylic acids is 1. The Bertz CT molecular complexity index is 928. The predicted octanol–water partition coefficient (Wildman–Crippen LogP) is 7.46. The van der Waals surface area contributed by atoms with Crippen LogP contribution >= 0.6 is 47.8 Å². The Balaban J connectivity index is 2.05. The molecular formula is C27H37Br3O4. The summed E-state index contributed by atoms with van der Waals surface area (Å²) in [5, 5.41) is 22.0. The SMILES string of the molecule is C=C1CC[C@H](Br)[C@@]2(C)CCC(Br)[C@@](C)(O)CCC(Br)C(C)(C)OC(=O)c3ccc(O)c(c3)C[C@H]12. The summed E-state index contributed by atoms with van der Waals surface area (Å²) in [4.78, 5) is 13.2. The van der Waals surface area contributed by atoms with Crippen molar-refractivity contribution in [3.05, 3.63) is 41.5 Å². The highest BCUT2D eigenvalue weighted by molar-refractivity contribution is 9.10. The minimum absolute atomic E-state index is 0.0811. The van der Waals surface area contributed by atoms with E-state index in [1.165, 1.54) is 5.57 Å². The van der Waals surface area contributed by atoms with Crippen molar-refractivity contribution >= 4 is 53.8 Å². The van der Waals surface area contributed by atoms with Gasteiger partial charge in [0.15, 0.2) is 0 Å². The molecule has 0 radical (unpaired) electrons. The van der Waals surface area contributed by atoms with E-state index in [0.29, 0.717) is 29.7 Å². The maximum absolute atomic E-state index is 13.1. The van der Waals surface area contributed by atoms with Crippen molar-refractivity contribution in [1.82, 2.24) is 0 Å². The van der Waals surface area contributed by atoms with Crippen LogP contribution in [0.4, 0.5) is 0 Å². The normalized spacial score (nSPS) is 37.5. The van der Waals surface area contributed by atoms with Crippen molar-refractivity contribution in [2.24, 2.45) is 11.3 Å². The number of cyclic esters (lactones) is 1. The fraction of sp³-hybridized carbons (Fsp3) is 0.667. The third-order valence-corrected chi connectivity index (χ3v) is 12.6. The Morgan fingerprint density at radius 1 is 1.00 bits per heavy atom. The molecule has 2 unspecified atom stereocenters. The van der Waals surface area contributed by atoms with Gasteiger partial charge in [-0.15, -0.1) is 0 Å². The van der Waals surface area contributed by atoms with Gasteiger partial charge in [0.25, 0.3) is 0 Å². The highest BCUT2D eigenvalue weighted by atomic mass is 79.9. The highest BCUT2D eigenvalue weighted by Crippen LogP contribution is 2.52. The minimum Gasteiger partial charge on any atom is -0.508 e. The molecule has 6 atom stereocenters. The van der Waals surface area contributed by atoms with Gasteiger partial charge in [0, 0.05) is 9.65 Å². The molecule has 1 aliphatic carbocycles. The van der Waals surface area contributed by atoms with Crippen molar-refractivity contribution in [3.8, 4) is 5.75 Å². The second-order valence-electron chi connectivity index (χ2n) is 11.1. The van der Waals surface area contributed by atoms with Gasteiger partial charge in [-0.25, -0.2) is 4.79 Å². The number of allylic oxidation sites excluding steroid dienone is 1. The van der Waals surface area contributed by atoms with Gasteiger partial charge in [0.1, 0.15) is 11.4 Å². The summed E-state index contributed by atoms with van der Waals surface area (Å²) >= 11 is 11.5. The number of hydrogen-bond acceptors (Lipinski definition) is 4. The average Bonchev–Trinajstić information content (AvgIpc) is 2.76. The van der Waals surface area contributed by atoms with E-state index in [0.717, 1.165) is 31.2 Å². The zero-order chi connectivity index (χ0) is 25.5. The number of ether oxygens (including phenoxy) is 1. The maximum atomic E-state index is 13.1. The summed E-state index contributed by atoms with van der Waals surface area (Å²) in [6.45, 7) is 12.3. The van der Waals surface area contributed by atoms with Gasteiger partial charge in [-0.3, -0.25) is 0 Å². The monoisotopic (exact) mass is 662 g/mol. The quantitative estimate of drug-likeness (QED) is 0.172. The van der Waals surface area contributed by atoms with Crippen LogP contribution in [0.3, 0.4) is 0 Å². The molecule has 1 saturated carbocycles. The summed E-state index contributed by atoms with van der Waals surface area (Å²) in [5.41, 5.74) is 0.536. The Morgan fingerprint density at radius 3 is 2.32 bits per heavy atom. The van der Waals surface area contributed by atoms with Crippen molar-refractivity contribution in [2.45, 2.75) is 98.3 Å². The Morgan fingerprint density at radius 2 is 1.65 bits per heavy atom. The number of phenols is 1. The van der Waals surface area contributed by atoms with Gasteiger partial charge in [-0.2, -0.15) is 0 Å². The van der Waals surface area contributed by atoms with Crippen LogP contribution in [0, 0.1) is 11.3 Å². The molecule has 1 aromatic rings. The summed E-state index contributed by atoms with van der Waals surface area (Å²) in [6.07, 6.45) is 5.44. The second kappa shape index (κ2) is 10.5. The van der Waals surface area contributed by atoms with E-state index in [1.807, 2.05) is 20.8 Å². The Kier molecular flexibility index (Phi) is 8.75. The lowest BCUT2D eigenvalue weighted by atomic mass is 9.61.